The van der Waals surface area contributed by atoms with Gasteiger partial charge in [0.2, 0.25) is 5.91 Å². The summed E-state index contributed by atoms with van der Waals surface area (Å²) in [4.78, 5) is 26.7. The molecule has 168 valence electrons. The van der Waals surface area contributed by atoms with E-state index in [2.05, 4.69) is 10.6 Å². The summed E-state index contributed by atoms with van der Waals surface area (Å²) in [5.41, 5.74) is 2.38. The highest BCUT2D eigenvalue weighted by Gasteiger charge is 2.26. The minimum Gasteiger partial charge on any atom is -0.494 e. The lowest BCUT2D eigenvalue weighted by Gasteiger charge is -2.13. The number of fused-ring (bicyclic) bond motifs is 1. The molecule has 0 bridgehead atoms. The average Bonchev–Trinajstić information content (AvgIpc) is 3.13. The van der Waals surface area contributed by atoms with Crippen molar-refractivity contribution in [3.05, 3.63) is 45.6 Å². The fraction of sp³-hybridized carbons (Fsp3) is 0.478. The molecule has 0 unspecified atom stereocenters. The number of methoxy groups -OCH3 is 2. The van der Waals surface area contributed by atoms with Gasteiger partial charge in [-0.25, -0.2) is 4.39 Å². The van der Waals surface area contributed by atoms with Crippen LogP contribution in [0.1, 0.15) is 52.0 Å². The lowest BCUT2D eigenvalue weighted by Crippen LogP contribution is -2.27. The molecule has 1 aromatic heterocycles. The van der Waals surface area contributed by atoms with E-state index >= 15 is 0 Å². The minimum atomic E-state index is -0.446. The van der Waals surface area contributed by atoms with Crippen LogP contribution in [-0.4, -0.2) is 39.2 Å². The second-order valence-electron chi connectivity index (χ2n) is 7.53. The standard InChI is InChI=1S/C23H29FN2O4S/c1-29-13-5-12-25-22(28)21-16-6-3-4-7-19(16)31-23(21)26-20(27)11-9-15-8-10-18(30-2)17(24)14-15/h8,10,14H,3-7,9,11-13H2,1-2H3,(H,25,28)(H,26,27). The molecule has 0 aliphatic heterocycles. The van der Waals surface area contributed by atoms with E-state index in [1.54, 1.807) is 19.2 Å². The number of carbonyl (C=O) groups is 2. The summed E-state index contributed by atoms with van der Waals surface area (Å²) in [6, 6.07) is 4.69. The van der Waals surface area contributed by atoms with E-state index in [1.807, 2.05) is 0 Å². The molecule has 2 aromatic rings. The predicted molar refractivity (Wildman–Crippen MR) is 120 cm³/mol. The molecule has 0 saturated carbocycles. The maximum atomic E-state index is 13.9. The highest BCUT2D eigenvalue weighted by molar-refractivity contribution is 7.17. The van der Waals surface area contributed by atoms with Crippen molar-refractivity contribution in [2.24, 2.45) is 0 Å². The number of halogens is 1. The van der Waals surface area contributed by atoms with E-state index in [0.717, 1.165) is 43.2 Å². The molecule has 2 N–H and O–H groups in total. The third-order valence-electron chi connectivity index (χ3n) is 5.32. The maximum Gasteiger partial charge on any atom is 0.254 e. The van der Waals surface area contributed by atoms with Gasteiger partial charge in [-0.05, 0) is 61.8 Å². The molecule has 3 rings (SSSR count). The Bertz CT molecular complexity index is 929. The van der Waals surface area contributed by atoms with Crippen LogP contribution in [0.2, 0.25) is 0 Å². The third kappa shape index (κ3) is 6.04. The van der Waals surface area contributed by atoms with Crippen molar-refractivity contribution in [2.45, 2.75) is 44.9 Å². The van der Waals surface area contributed by atoms with Crippen molar-refractivity contribution >= 4 is 28.2 Å². The van der Waals surface area contributed by atoms with Gasteiger partial charge in [-0.3, -0.25) is 9.59 Å². The molecular weight excluding hydrogens is 419 g/mol. The fourth-order valence-corrected chi connectivity index (χ4v) is 5.02. The highest BCUT2D eigenvalue weighted by Crippen LogP contribution is 2.38. The zero-order valence-electron chi connectivity index (χ0n) is 18.0. The monoisotopic (exact) mass is 448 g/mol. The van der Waals surface area contributed by atoms with E-state index in [0.29, 0.717) is 30.1 Å². The first-order valence-corrected chi connectivity index (χ1v) is 11.4. The van der Waals surface area contributed by atoms with Crippen molar-refractivity contribution in [3.63, 3.8) is 0 Å². The number of anilines is 1. The van der Waals surface area contributed by atoms with Gasteiger partial charge in [0, 0.05) is 31.6 Å². The molecule has 1 heterocycles. The Morgan fingerprint density at radius 1 is 1.19 bits per heavy atom. The lowest BCUT2D eigenvalue weighted by atomic mass is 9.95. The van der Waals surface area contributed by atoms with Gasteiger partial charge in [0.25, 0.3) is 5.91 Å². The van der Waals surface area contributed by atoms with Gasteiger partial charge in [0.05, 0.1) is 12.7 Å². The molecule has 0 atom stereocenters. The second kappa shape index (κ2) is 11.2. The van der Waals surface area contributed by atoms with Gasteiger partial charge in [-0.15, -0.1) is 11.3 Å². The number of rotatable bonds is 10. The Morgan fingerprint density at radius 3 is 2.74 bits per heavy atom. The molecule has 0 spiro atoms. The minimum absolute atomic E-state index is 0.150. The Labute approximate surface area is 186 Å². The average molecular weight is 449 g/mol. The van der Waals surface area contributed by atoms with Gasteiger partial charge in [-0.1, -0.05) is 6.07 Å². The first-order chi connectivity index (χ1) is 15.0. The summed E-state index contributed by atoms with van der Waals surface area (Å²) in [7, 11) is 3.04. The van der Waals surface area contributed by atoms with E-state index in [9.17, 15) is 14.0 Å². The SMILES string of the molecule is COCCCNC(=O)c1c(NC(=O)CCc2ccc(OC)c(F)c2)sc2c1CCCC2. The summed E-state index contributed by atoms with van der Waals surface area (Å²) in [6.45, 7) is 1.10. The van der Waals surface area contributed by atoms with Crippen LogP contribution in [0.5, 0.6) is 5.75 Å². The zero-order chi connectivity index (χ0) is 22.2. The van der Waals surface area contributed by atoms with Crippen LogP contribution >= 0.6 is 11.3 Å². The van der Waals surface area contributed by atoms with E-state index in [-0.39, 0.29) is 24.0 Å². The number of nitrogens with one attached hydrogen (secondary N) is 2. The summed E-state index contributed by atoms with van der Waals surface area (Å²) in [5.74, 6) is -0.608. The normalized spacial score (nSPS) is 12.9. The third-order valence-corrected chi connectivity index (χ3v) is 6.53. The van der Waals surface area contributed by atoms with Gasteiger partial charge in [-0.2, -0.15) is 0 Å². The Hall–Kier alpha value is -2.45. The van der Waals surface area contributed by atoms with Gasteiger partial charge < -0.3 is 20.1 Å². The van der Waals surface area contributed by atoms with Crippen LogP contribution < -0.4 is 15.4 Å². The maximum absolute atomic E-state index is 13.9. The van der Waals surface area contributed by atoms with Crippen molar-refractivity contribution in [3.8, 4) is 5.75 Å². The lowest BCUT2D eigenvalue weighted by molar-refractivity contribution is -0.116. The number of amides is 2. The summed E-state index contributed by atoms with van der Waals surface area (Å²) < 4.78 is 23.8. The molecule has 1 aliphatic rings. The number of thiophene rings is 1. The quantitative estimate of drug-likeness (QED) is 0.536. The first kappa shape index (κ1) is 23.2. The fourth-order valence-electron chi connectivity index (χ4n) is 3.71. The number of benzene rings is 1. The number of aryl methyl sites for hydroxylation is 2. The molecule has 0 saturated heterocycles. The van der Waals surface area contributed by atoms with Crippen molar-refractivity contribution in [1.82, 2.24) is 5.32 Å². The van der Waals surface area contributed by atoms with Gasteiger partial charge in [0.15, 0.2) is 11.6 Å². The highest BCUT2D eigenvalue weighted by atomic mass is 32.1. The van der Waals surface area contributed by atoms with Crippen LogP contribution in [0, 0.1) is 5.82 Å². The largest absolute Gasteiger partial charge is 0.494 e. The molecule has 2 amide bonds. The van der Waals surface area contributed by atoms with Crippen molar-refractivity contribution in [2.75, 3.05) is 32.7 Å². The number of hydrogen-bond acceptors (Lipinski definition) is 5. The summed E-state index contributed by atoms with van der Waals surface area (Å²) in [5, 5.41) is 6.49. The Kier molecular flexibility index (Phi) is 8.43. The van der Waals surface area contributed by atoms with Crippen molar-refractivity contribution < 1.29 is 23.5 Å². The van der Waals surface area contributed by atoms with E-state index < -0.39 is 5.82 Å². The molecule has 1 aromatic carbocycles. The van der Waals surface area contributed by atoms with E-state index in [4.69, 9.17) is 9.47 Å². The smallest absolute Gasteiger partial charge is 0.254 e. The topological polar surface area (TPSA) is 76.7 Å². The second-order valence-corrected chi connectivity index (χ2v) is 8.64. The van der Waals surface area contributed by atoms with Crippen LogP contribution in [0.4, 0.5) is 9.39 Å². The Balaban J connectivity index is 1.67. The molecule has 0 fully saturated rings. The van der Waals surface area contributed by atoms with Crippen LogP contribution in [-0.2, 0) is 28.8 Å². The van der Waals surface area contributed by atoms with Gasteiger partial charge in [0.1, 0.15) is 5.00 Å². The predicted octanol–water partition coefficient (Wildman–Crippen LogP) is 4.11. The molecule has 8 heteroatoms. The molecule has 6 nitrogen and oxygen atoms in total. The summed E-state index contributed by atoms with van der Waals surface area (Å²) >= 11 is 1.50. The van der Waals surface area contributed by atoms with Crippen LogP contribution in [0.15, 0.2) is 18.2 Å². The number of hydrogen-bond donors (Lipinski definition) is 2. The molecular formula is C23H29FN2O4S. The van der Waals surface area contributed by atoms with E-state index in [1.165, 1.54) is 29.4 Å². The number of carbonyl (C=O) groups excluding carboxylic acids is 2. The molecule has 0 radical (unpaired) electrons. The van der Waals surface area contributed by atoms with Crippen molar-refractivity contribution in [1.29, 1.82) is 0 Å². The first-order valence-electron chi connectivity index (χ1n) is 10.6. The number of ether oxygens (including phenoxy) is 2. The van der Waals surface area contributed by atoms with Crippen LogP contribution in [0.3, 0.4) is 0 Å². The Morgan fingerprint density at radius 2 is 2.00 bits per heavy atom. The molecule has 31 heavy (non-hydrogen) atoms. The van der Waals surface area contributed by atoms with Crippen LogP contribution in [0.25, 0.3) is 0 Å². The summed E-state index contributed by atoms with van der Waals surface area (Å²) in [6.07, 6.45) is 5.26. The van der Waals surface area contributed by atoms with Gasteiger partial charge >= 0.3 is 0 Å². The molecule has 1 aliphatic carbocycles. The zero-order valence-corrected chi connectivity index (χ0v) is 18.8.